The predicted octanol–water partition coefficient (Wildman–Crippen LogP) is 1.65. The average Bonchev–Trinajstić information content (AvgIpc) is 2.88. The Balaban J connectivity index is 1.81. The Morgan fingerprint density at radius 1 is 1.30 bits per heavy atom. The molecule has 27 heavy (non-hydrogen) atoms. The Hall–Kier alpha value is -1.37. The molecule has 0 spiro atoms. The quantitative estimate of drug-likeness (QED) is 0.679. The van der Waals surface area contributed by atoms with Gasteiger partial charge in [0.2, 0.25) is 0 Å². The highest BCUT2D eigenvalue weighted by molar-refractivity contribution is 6.01. The van der Waals surface area contributed by atoms with Crippen LogP contribution in [0, 0.1) is 22.7 Å². The molecule has 148 valence electrons. The first-order valence-corrected chi connectivity index (χ1v) is 9.72. The van der Waals surface area contributed by atoms with Crippen molar-refractivity contribution in [1.29, 1.82) is 0 Å². The molecule has 0 aromatic carbocycles. The van der Waals surface area contributed by atoms with Crippen LogP contribution in [-0.4, -0.2) is 50.9 Å². The van der Waals surface area contributed by atoms with Crippen LogP contribution >= 0.6 is 0 Å². The minimum Gasteiger partial charge on any atom is -0.390 e. The lowest BCUT2D eigenvalue weighted by molar-refractivity contribution is -0.217. The molecule has 4 rings (SSSR count). The van der Waals surface area contributed by atoms with Crippen molar-refractivity contribution in [1.82, 2.24) is 0 Å². The number of halogens is 1. The van der Waals surface area contributed by atoms with Crippen molar-refractivity contribution in [2.24, 2.45) is 22.7 Å². The SMILES string of the molecule is CC12C=CC(=O)C=C1CCC1C3CC[C@@](O)(C(=O)CO)C3(C)CC(O)[C@]12F. The Bertz CT molecular complexity index is 775. The number of alkyl halides is 1. The number of aliphatic hydroxyl groups excluding tert-OH is 2. The second-order valence-electron chi connectivity index (χ2n) is 9.24. The summed E-state index contributed by atoms with van der Waals surface area (Å²) in [5, 5.41) is 31.5. The minimum absolute atomic E-state index is 0.0580. The van der Waals surface area contributed by atoms with Gasteiger partial charge in [0, 0.05) is 16.7 Å². The maximum atomic E-state index is 16.7. The fourth-order valence-electron chi connectivity index (χ4n) is 6.80. The number of Topliss-reactive ketones (excluding diaryl/α,β-unsaturated/α-hetero) is 1. The van der Waals surface area contributed by atoms with Crippen LogP contribution in [0.4, 0.5) is 4.39 Å². The molecule has 4 aliphatic rings. The van der Waals surface area contributed by atoms with Gasteiger partial charge in [0.05, 0.1) is 6.10 Å². The van der Waals surface area contributed by atoms with E-state index < -0.39 is 46.5 Å². The fourth-order valence-corrected chi connectivity index (χ4v) is 6.80. The normalized spacial score (nSPS) is 51.3. The third-order valence-electron chi connectivity index (χ3n) is 8.40. The Morgan fingerprint density at radius 2 is 2.00 bits per heavy atom. The van der Waals surface area contributed by atoms with Gasteiger partial charge in [-0.2, -0.15) is 0 Å². The number of hydrogen-bond donors (Lipinski definition) is 3. The lowest BCUT2D eigenvalue weighted by Crippen LogP contribution is -2.69. The van der Waals surface area contributed by atoms with Crippen LogP contribution in [0.2, 0.25) is 0 Å². The smallest absolute Gasteiger partial charge is 0.190 e. The van der Waals surface area contributed by atoms with Gasteiger partial charge in [0.25, 0.3) is 0 Å². The van der Waals surface area contributed by atoms with E-state index >= 15 is 4.39 Å². The van der Waals surface area contributed by atoms with Gasteiger partial charge in [-0.3, -0.25) is 9.59 Å². The molecule has 5 unspecified atom stereocenters. The predicted molar refractivity (Wildman–Crippen MR) is 95.4 cm³/mol. The summed E-state index contributed by atoms with van der Waals surface area (Å²) < 4.78 is 16.7. The number of ketones is 2. The zero-order valence-corrected chi connectivity index (χ0v) is 15.7. The zero-order chi connectivity index (χ0) is 19.8. The molecule has 4 aliphatic carbocycles. The maximum absolute atomic E-state index is 16.7. The monoisotopic (exact) mass is 378 g/mol. The van der Waals surface area contributed by atoms with Crippen LogP contribution < -0.4 is 0 Å². The van der Waals surface area contributed by atoms with E-state index in [1.54, 1.807) is 19.9 Å². The second kappa shape index (κ2) is 5.58. The number of carbonyl (C=O) groups excluding carboxylic acids is 2. The van der Waals surface area contributed by atoms with Crippen molar-refractivity contribution in [3.8, 4) is 0 Å². The van der Waals surface area contributed by atoms with Gasteiger partial charge in [-0.25, -0.2) is 4.39 Å². The number of allylic oxidation sites excluding steroid dienone is 4. The van der Waals surface area contributed by atoms with Gasteiger partial charge in [-0.05, 0) is 57.1 Å². The van der Waals surface area contributed by atoms with Gasteiger partial charge in [-0.15, -0.1) is 0 Å². The maximum Gasteiger partial charge on any atom is 0.190 e. The van der Waals surface area contributed by atoms with Crippen LogP contribution in [0.25, 0.3) is 0 Å². The molecule has 0 heterocycles. The lowest BCUT2D eigenvalue weighted by Gasteiger charge is -2.62. The zero-order valence-electron chi connectivity index (χ0n) is 15.7. The summed E-state index contributed by atoms with van der Waals surface area (Å²) >= 11 is 0. The average molecular weight is 378 g/mol. The van der Waals surface area contributed by atoms with Crippen molar-refractivity contribution in [3.05, 3.63) is 23.8 Å². The third-order valence-corrected chi connectivity index (χ3v) is 8.40. The lowest BCUT2D eigenvalue weighted by atomic mass is 9.44. The van der Waals surface area contributed by atoms with E-state index in [2.05, 4.69) is 0 Å². The van der Waals surface area contributed by atoms with E-state index in [9.17, 15) is 24.9 Å². The molecule has 0 amide bonds. The molecular formula is C21H27FO5. The molecule has 0 aliphatic heterocycles. The Kier molecular flexibility index (Phi) is 3.92. The molecule has 3 N–H and O–H groups in total. The number of hydrogen-bond acceptors (Lipinski definition) is 5. The van der Waals surface area contributed by atoms with Crippen LogP contribution in [0.5, 0.6) is 0 Å². The topological polar surface area (TPSA) is 94.8 Å². The standard InChI is InChI=1S/C21H27FO5/c1-18-7-5-13(24)9-12(18)3-4-15-14-6-8-20(27,17(26)11-23)19(14,2)10-16(25)21(15,18)22/h5,7,9,14-16,23,25,27H,3-4,6,8,10-11H2,1-2H3/t14?,15?,16?,18?,19?,20-,21-/m1/s1. The van der Waals surface area contributed by atoms with E-state index in [0.29, 0.717) is 24.8 Å². The molecule has 5 nitrogen and oxygen atoms in total. The largest absolute Gasteiger partial charge is 0.390 e. The molecular weight excluding hydrogens is 351 g/mol. The van der Waals surface area contributed by atoms with E-state index in [1.165, 1.54) is 12.2 Å². The number of carbonyl (C=O) groups is 2. The first kappa shape index (κ1) is 19.0. The van der Waals surface area contributed by atoms with Gasteiger partial charge in [-0.1, -0.05) is 18.6 Å². The highest BCUT2D eigenvalue weighted by Gasteiger charge is 2.73. The molecule has 3 fully saturated rings. The summed E-state index contributed by atoms with van der Waals surface area (Å²) in [6.45, 7) is 2.71. The van der Waals surface area contributed by atoms with Gasteiger partial charge in [0.1, 0.15) is 12.2 Å². The third kappa shape index (κ3) is 2.04. The summed E-state index contributed by atoms with van der Waals surface area (Å²) in [6.07, 6.45) is 4.65. The highest BCUT2D eigenvalue weighted by Crippen LogP contribution is 2.69. The summed E-state index contributed by atoms with van der Waals surface area (Å²) in [5.41, 5.74) is -5.07. The first-order valence-electron chi connectivity index (χ1n) is 9.72. The van der Waals surface area contributed by atoms with Crippen LogP contribution in [-0.2, 0) is 9.59 Å². The fraction of sp³-hybridized carbons (Fsp3) is 0.714. The van der Waals surface area contributed by atoms with Gasteiger partial charge >= 0.3 is 0 Å². The van der Waals surface area contributed by atoms with Crippen molar-refractivity contribution in [3.63, 3.8) is 0 Å². The number of fused-ring (bicyclic) bond motifs is 5. The summed E-state index contributed by atoms with van der Waals surface area (Å²) in [4.78, 5) is 24.1. The number of aliphatic hydroxyl groups is 3. The van der Waals surface area contributed by atoms with Crippen LogP contribution in [0.1, 0.15) is 46.0 Å². The summed E-state index contributed by atoms with van der Waals surface area (Å²) in [7, 11) is 0. The highest BCUT2D eigenvalue weighted by atomic mass is 19.1. The number of rotatable bonds is 2. The second-order valence-corrected chi connectivity index (χ2v) is 9.24. The molecule has 0 bridgehead atoms. The molecule has 6 heteroatoms. The molecule has 0 aromatic rings. The van der Waals surface area contributed by atoms with E-state index in [-0.39, 0.29) is 24.5 Å². The molecule has 3 saturated carbocycles. The first-order chi connectivity index (χ1) is 12.5. The van der Waals surface area contributed by atoms with E-state index in [4.69, 9.17) is 0 Å². The minimum atomic E-state index is -1.97. The molecule has 0 radical (unpaired) electrons. The molecule has 7 atom stereocenters. The van der Waals surface area contributed by atoms with E-state index in [0.717, 1.165) is 0 Å². The summed E-state index contributed by atoms with van der Waals surface area (Å²) in [5.74, 6) is -1.64. The van der Waals surface area contributed by atoms with Crippen LogP contribution in [0.15, 0.2) is 23.8 Å². The van der Waals surface area contributed by atoms with Crippen molar-refractivity contribution < 1.29 is 29.3 Å². The van der Waals surface area contributed by atoms with Gasteiger partial charge < -0.3 is 15.3 Å². The Morgan fingerprint density at radius 3 is 2.67 bits per heavy atom. The van der Waals surface area contributed by atoms with Gasteiger partial charge in [0.15, 0.2) is 17.2 Å². The molecule has 0 aromatic heterocycles. The van der Waals surface area contributed by atoms with Crippen molar-refractivity contribution in [2.75, 3.05) is 6.61 Å². The van der Waals surface area contributed by atoms with Crippen molar-refractivity contribution >= 4 is 11.6 Å². The van der Waals surface area contributed by atoms with Crippen LogP contribution in [0.3, 0.4) is 0 Å². The van der Waals surface area contributed by atoms with E-state index in [1.807, 2.05) is 0 Å². The molecule has 0 saturated heterocycles. The Labute approximate surface area is 158 Å². The summed E-state index contributed by atoms with van der Waals surface area (Å²) in [6, 6.07) is 0. The van der Waals surface area contributed by atoms with Crippen molar-refractivity contribution in [2.45, 2.75) is 63.3 Å².